The highest BCUT2D eigenvalue weighted by Crippen LogP contribution is 2.20. The van der Waals surface area contributed by atoms with E-state index in [9.17, 15) is 14.3 Å². The number of esters is 1. The number of aromatic nitrogens is 2. The van der Waals surface area contributed by atoms with E-state index >= 15 is 0 Å². The number of benzene rings is 1. The van der Waals surface area contributed by atoms with Crippen LogP contribution in [0.25, 0.3) is 0 Å². The maximum Gasteiger partial charge on any atom is 0.343 e. The lowest BCUT2D eigenvalue weighted by atomic mass is 10.2. The van der Waals surface area contributed by atoms with Gasteiger partial charge in [0.1, 0.15) is 11.4 Å². The number of phenols is 1. The summed E-state index contributed by atoms with van der Waals surface area (Å²) in [7, 11) is 0. The Balaban J connectivity index is 2.22. The van der Waals surface area contributed by atoms with Crippen LogP contribution in [0.1, 0.15) is 22.8 Å². The van der Waals surface area contributed by atoms with Gasteiger partial charge in [-0.15, -0.1) is 0 Å². The van der Waals surface area contributed by atoms with Gasteiger partial charge in [0.25, 0.3) is 0 Å². The van der Waals surface area contributed by atoms with Crippen LogP contribution in [-0.4, -0.2) is 33.9 Å². The van der Waals surface area contributed by atoms with Gasteiger partial charge < -0.3 is 15.2 Å². The summed E-state index contributed by atoms with van der Waals surface area (Å²) < 4.78 is 18.3. The number of anilines is 1. The molecule has 23 heavy (non-hydrogen) atoms. The molecule has 0 saturated heterocycles. The van der Waals surface area contributed by atoms with Crippen molar-refractivity contribution >= 4 is 23.5 Å². The first-order valence-electron chi connectivity index (χ1n) is 6.84. The van der Waals surface area contributed by atoms with Crippen LogP contribution >= 0.6 is 11.8 Å². The molecular weight excluding hydrogens is 321 g/mol. The molecule has 0 amide bonds. The van der Waals surface area contributed by atoms with Gasteiger partial charge in [-0.25, -0.2) is 19.2 Å². The molecule has 0 unspecified atom stereocenters. The predicted molar refractivity (Wildman–Crippen MR) is 85.2 cm³/mol. The summed E-state index contributed by atoms with van der Waals surface area (Å²) in [5.41, 5.74) is 0.809. The fourth-order valence-electron chi connectivity index (χ4n) is 1.80. The van der Waals surface area contributed by atoms with Crippen LogP contribution in [0.5, 0.6) is 5.75 Å². The number of thioether (sulfide) groups is 1. The van der Waals surface area contributed by atoms with Crippen LogP contribution in [0, 0.1) is 5.82 Å². The molecule has 0 fully saturated rings. The van der Waals surface area contributed by atoms with E-state index < -0.39 is 17.5 Å². The largest absolute Gasteiger partial charge is 0.505 e. The molecule has 0 bridgehead atoms. The maximum atomic E-state index is 13.4. The monoisotopic (exact) mass is 337 g/mol. The number of rotatable bonds is 6. The third-order valence-electron chi connectivity index (χ3n) is 2.92. The molecule has 1 aromatic carbocycles. The number of halogens is 1. The lowest BCUT2D eigenvalue weighted by Gasteiger charge is -2.11. The maximum absolute atomic E-state index is 13.4. The molecule has 2 N–H and O–H groups in total. The SMILES string of the molecule is CCOC(=O)c1cnc(SC)nc1NCc1ccc(O)c(F)c1. The number of phenolic OH excluding ortho intramolecular Hbond substituents is 1. The van der Waals surface area contributed by atoms with Crippen LogP contribution < -0.4 is 5.32 Å². The zero-order valence-corrected chi connectivity index (χ0v) is 13.5. The highest BCUT2D eigenvalue weighted by atomic mass is 32.2. The molecule has 0 aliphatic heterocycles. The molecule has 2 aromatic rings. The van der Waals surface area contributed by atoms with E-state index in [1.165, 1.54) is 30.1 Å². The Morgan fingerprint density at radius 1 is 1.48 bits per heavy atom. The number of ether oxygens (including phenoxy) is 1. The van der Waals surface area contributed by atoms with Crippen LogP contribution in [0.15, 0.2) is 29.6 Å². The highest BCUT2D eigenvalue weighted by molar-refractivity contribution is 7.98. The molecular formula is C15H16FN3O3S. The van der Waals surface area contributed by atoms with Gasteiger partial charge in [-0.1, -0.05) is 17.8 Å². The van der Waals surface area contributed by atoms with Gasteiger partial charge in [0.15, 0.2) is 16.7 Å². The minimum absolute atomic E-state index is 0.212. The average molecular weight is 337 g/mol. The second-order valence-corrected chi connectivity index (χ2v) is 5.25. The summed E-state index contributed by atoms with van der Waals surface area (Å²) in [4.78, 5) is 20.2. The number of nitrogens with one attached hydrogen (secondary N) is 1. The normalized spacial score (nSPS) is 10.4. The Bertz CT molecular complexity index is 712. The Morgan fingerprint density at radius 3 is 2.91 bits per heavy atom. The molecule has 0 saturated carbocycles. The smallest absolute Gasteiger partial charge is 0.343 e. The molecule has 0 atom stereocenters. The van der Waals surface area contributed by atoms with E-state index in [1.54, 1.807) is 13.0 Å². The van der Waals surface area contributed by atoms with Gasteiger partial charge in [0, 0.05) is 12.7 Å². The first-order chi connectivity index (χ1) is 11.0. The van der Waals surface area contributed by atoms with E-state index in [4.69, 9.17) is 4.74 Å². The molecule has 2 rings (SSSR count). The van der Waals surface area contributed by atoms with E-state index in [0.29, 0.717) is 16.5 Å². The second kappa shape index (κ2) is 7.77. The van der Waals surface area contributed by atoms with Crippen molar-refractivity contribution in [1.29, 1.82) is 0 Å². The second-order valence-electron chi connectivity index (χ2n) is 4.48. The molecule has 0 aliphatic carbocycles. The minimum Gasteiger partial charge on any atom is -0.505 e. The molecule has 122 valence electrons. The Morgan fingerprint density at radius 2 is 2.26 bits per heavy atom. The van der Waals surface area contributed by atoms with Crippen molar-refractivity contribution in [2.75, 3.05) is 18.2 Å². The average Bonchev–Trinajstić information content (AvgIpc) is 2.55. The van der Waals surface area contributed by atoms with Gasteiger partial charge >= 0.3 is 5.97 Å². The molecule has 0 spiro atoms. The minimum atomic E-state index is -0.706. The van der Waals surface area contributed by atoms with Gasteiger partial charge in [-0.05, 0) is 30.9 Å². The van der Waals surface area contributed by atoms with Crippen molar-refractivity contribution in [2.45, 2.75) is 18.6 Å². The lowest BCUT2D eigenvalue weighted by molar-refractivity contribution is 0.0526. The molecule has 0 aliphatic rings. The van der Waals surface area contributed by atoms with Crippen molar-refractivity contribution in [2.24, 2.45) is 0 Å². The molecule has 8 heteroatoms. The standard InChI is InChI=1S/C15H16FN3O3S/c1-3-22-14(21)10-8-18-15(23-2)19-13(10)17-7-9-4-5-12(20)11(16)6-9/h4-6,8,20H,3,7H2,1-2H3,(H,17,18,19). The zero-order valence-electron chi connectivity index (χ0n) is 12.7. The number of hydrogen-bond donors (Lipinski definition) is 2. The van der Waals surface area contributed by atoms with Crippen molar-refractivity contribution < 1.29 is 19.0 Å². The first-order valence-corrected chi connectivity index (χ1v) is 8.07. The van der Waals surface area contributed by atoms with Gasteiger partial charge in [0.05, 0.1) is 6.61 Å². The van der Waals surface area contributed by atoms with Crippen molar-refractivity contribution in [3.05, 3.63) is 41.3 Å². The highest BCUT2D eigenvalue weighted by Gasteiger charge is 2.16. The first kappa shape index (κ1) is 17.0. The fourth-order valence-corrected chi connectivity index (χ4v) is 2.14. The van der Waals surface area contributed by atoms with Crippen LogP contribution in [0.4, 0.5) is 10.2 Å². The summed E-state index contributed by atoms with van der Waals surface area (Å²) >= 11 is 1.34. The number of carbonyl (C=O) groups excluding carboxylic acids is 1. The van der Waals surface area contributed by atoms with E-state index in [-0.39, 0.29) is 18.7 Å². The van der Waals surface area contributed by atoms with Crippen LogP contribution in [-0.2, 0) is 11.3 Å². The van der Waals surface area contributed by atoms with Gasteiger partial charge in [-0.3, -0.25) is 0 Å². The zero-order chi connectivity index (χ0) is 16.8. The Labute approximate surface area is 137 Å². The molecule has 6 nitrogen and oxygen atoms in total. The summed E-state index contributed by atoms with van der Waals surface area (Å²) in [5, 5.41) is 12.7. The molecule has 1 heterocycles. The van der Waals surface area contributed by atoms with Crippen LogP contribution in [0.3, 0.4) is 0 Å². The predicted octanol–water partition coefficient (Wildman–Crippen LogP) is 2.83. The van der Waals surface area contributed by atoms with Crippen molar-refractivity contribution in [3.8, 4) is 5.75 Å². The quantitative estimate of drug-likeness (QED) is 0.476. The number of hydrogen-bond acceptors (Lipinski definition) is 7. The van der Waals surface area contributed by atoms with Gasteiger partial charge in [0.2, 0.25) is 0 Å². The van der Waals surface area contributed by atoms with E-state index in [1.807, 2.05) is 6.26 Å². The van der Waals surface area contributed by atoms with Gasteiger partial charge in [-0.2, -0.15) is 0 Å². The fraction of sp³-hybridized carbons (Fsp3) is 0.267. The summed E-state index contributed by atoms with van der Waals surface area (Å²) in [5.74, 6) is -1.33. The number of aromatic hydroxyl groups is 1. The summed E-state index contributed by atoms with van der Waals surface area (Å²) in [6.45, 7) is 2.18. The third kappa shape index (κ3) is 4.32. The summed E-state index contributed by atoms with van der Waals surface area (Å²) in [6, 6.07) is 4.06. The number of nitrogens with zero attached hydrogens (tertiary/aromatic N) is 2. The molecule has 1 aromatic heterocycles. The Kier molecular flexibility index (Phi) is 5.75. The third-order valence-corrected chi connectivity index (χ3v) is 3.48. The topological polar surface area (TPSA) is 84.3 Å². The number of carbonyl (C=O) groups is 1. The van der Waals surface area contributed by atoms with E-state index in [2.05, 4.69) is 15.3 Å². The van der Waals surface area contributed by atoms with Crippen molar-refractivity contribution in [3.63, 3.8) is 0 Å². The lowest BCUT2D eigenvalue weighted by Crippen LogP contribution is -2.12. The molecule has 0 radical (unpaired) electrons. The summed E-state index contributed by atoms with van der Waals surface area (Å²) in [6.07, 6.45) is 3.22. The Hall–Kier alpha value is -2.35. The van der Waals surface area contributed by atoms with E-state index in [0.717, 1.165) is 0 Å². The van der Waals surface area contributed by atoms with Crippen LogP contribution in [0.2, 0.25) is 0 Å². The van der Waals surface area contributed by atoms with Crippen molar-refractivity contribution in [1.82, 2.24) is 9.97 Å².